The number of halogens is 1. The third-order valence-electron chi connectivity index (χ3n) is 4.01. The molecule has 1 aliphatic heterocycles. The Bertz CT molecular complexity index is 817. The van der Waals surface area contributed by atoms with Gasteiger partial charge in [-0.1, -0.05) is 6.07 Å². The topological polar surface area (TPSA) is 84.9 Å². The summed E-state index contributed by atoms with van der Waals surface area (Å²) in [4.78, 5) is 23.1. The molecule has 3 rings (SSSR count). The summed E-state index contributed by atoms with van der Waals surface area (Å²) < 4.78 is 25.1. The number of amides is 1. The van der Waals surface area contributed by atoms with E-state index in [1.54, 1.807) is 24.3 Å². The summed E-state index contributed by atoms with van der Waals surface area (Å²) in [5.74, 6) is -2.25. The maximum atomic E-state index is 14.0. The predicted molar refractivity (Wildman–Crippen MR) is 92.2 cm³/mol. The molecule has 0 aromatic heterocycles. The van der Waals surface area contributed by atoms with Crippen molar-refractivity contribution >= 4 is 17.6 Å². The van der Waals surface area contributed by atoms with Crippen LogP contribution in [0.3, 0.4) is 0 Å². The monoisotopic (exact) mass is 359 g/mol. The molecule has 0 bridgehead atoms. The fourth-order valence-corrected chi connectivity index (χ4v) is 2.66. The average Bonchev–Trinajstić information content (AvgIpc) is 3.13. The second kappa shape index (κ2) is 7.97. The number of anilines is 1. The summed E-state index contributed by atoms with van der Waals surface area (Å²) in [6, 6.07) is 9.90. The highest BCUT2D eigenvalue weighted by atomic mass is 19.1. The number of ether oxygens (including phenoxy) is 2. The van der Waals surface area contributed by atoms with Crippen molar-refractivity contribution in [1.82, 2.24) is 0 Å². The first kappa shape index (κ1) is 17.9. The maximum absolute atomic E-state index is 14.0. The molecule has 2 aromatic carbocycles. The number of carbonyl (C=O) groups is 2. The molecule has 0 radical (unpaired) electrons. The number of carbonyl (C=O) groups excluding carboxylic acids is 1. The first-order valence-electron chi connectivity index (χ1n) is 8.21. The Morgan fingerprint density at radius 3 is 2.81 bits per heavy atom. The van der Waals surface area contributed by atoms with E-state index in [1.165, 1.54) is 6.07 Å². The molecule has 136 valence electrons. The molecule has 0 saturated carbocycles. The normalized spacial score (nSPS) is 16.3. The minimum atomic E-state index is -1.26. The van der Waals surface area contributed by atoms with Crippen LogP contribution in [0.5, 0.6) is 5.75 Å². The molecule has 1 heterocycles. The van der Waals surface area contributed by atoms with Gasteiger partial charge in [-0.05, 0) is 43.2 Å². The number of rotatable bonds is 6. The molecule has 1 saturated heterocycles. The van der Waals surface area contributed by atoms with E-state index < -0.39 is 17.7 Å². The largest absolute Gasteiger partial charge is 0.491 e. The zero-order valence-corrected chi connectivity index (χ0v) is 13.9. The van der Waals surface area contributed by atoms with Crippen molar-refractivity contribution in [2.24, 2.45) is 0 Å². The fourth-order valence-electron chi connectivity index (χ4n) is 2.66. The van der Waals surface area contributed by atoms with Crippen molar-refractivity contribution in [3.8, 4) is 5.75 Å². The standard InChI is InChI=1S/C19H18FNO5/c20-17-9-12(19(23)24)6-7-16(17)18(22)21-13-3-1-4-14(10-13)26-11-15-5-2-8-25-15/h1,3-4,6-7,9-10,15H,2,5,8,11H2,(H,21,22)(H,23,24). The summed E-state index contributed by atoms with van der Waals surface area (Å²) in [5, 5.41) is 11.4. The van der Waals surface area contributed by atoms with E-state index in [9.17, 15) is 14.0 Å². The molecule has 1 fully saturated rings. The van der Waals surface area contributed by atoms with E-state index in [-0.39, 0.29) is 17.2 Å². The van der Waals surface area contributed by atoms with Gasteiger partial charge in [0.1, 0.15) is 18.2 Å². The zero-order chi connectivity index (χ0) is 18.5. The van der Waals surface area contributed by atoms with Gasteiger partial charge >= 0.3 is 5.97 Å². The molecule has 1 aliphatic rings. The third kappa shape index (κ3) is 4.37. The van der Waals surface area contributed by atoms with Crippen LogP contribution in [0.2, 0.25) is 0 Å². The van der Waals surface area contributed by atoms with Crippen molar-refractivity contribution < 1.29 is 28.6 Å². The molecule has 1 unspecified atom stereocenters. The lowest BCUT2D eigenvalue weighted by atomic mass is 10.1. The van der Waals surface area contributed by atoms with E-state index in [4.69, 9.17) is 14.6 Å². The van der Waals surface area contributed by atoms with Crippen LogP contribution in [0.1, 0.15) is 33.6 Å². The fraction of sp³-hybridized carbons (Fsp3) is 0.263. The number of nitrogens with one attached hydrogen (secondary N) is 1. The first-order valence-corrected chi connectivity index (χ1v) is 8.21. The van der Waals surface area contributed by atoms with E-state index in [0.29, 0.717) is 18.0 Å². The van der Waals surface area contributed by atoms with Crippen LogP contribution in [-0.2, 0) is 4.74 Å². The molecule has 1 atom stereocenters. The van der Waals surface area contributed by atoms with Crippen LogP contribution in [0.25, 0.3) is 0 Å². The highest BCUT2D eigenvalue weighted by molar-refractivity contribution is 6.05. The molecule has 7 heteroatoms. The Labute approximate surface area is 149 Å². The molecule has 0 aliphatic carbocycles. The lowest BCUT2D eigenvalue weighted by Crippen LogP contribution is -2.17. The van der Waals surface area contributed by atoms with Crippen molar-refractivity contribution in [2.45, 2.75) is 18.9 Å². The smallest absolute Gasteiger partial charge is 0.335 e. The lowest BCUT2D eigenvalue weighted by Gasteiger charge is -2.13. The zero-order valence-electron chi connectivity index (χ0n) is 13.9. The van der Waals surface area contributed by atoms with E-state index in [2.05, 4.69) is 5.32 Å². The SMILES string of the molecule is O=C(O)c1ccc(C(=O)Nc2cccc(OCC3CCCO3)c2)c(F)c1. The highest BCUT2D eigenvalue weighted by Gasteiger charge is 2.17. The Balaban J connectivity index is 1.65. The number of benzene rings is 2. The summed E-state index contributed by atoms with van der Waals surface area (Å²) >= 11 is 0. The highest BCUT2D eigenvalue weighted by Crippen LogP contribution is 2.21. The van der Waals surface area contributed by atoms with Crippen molar-refractivity contribution in [2.75, 3.05) is 18.5 Å². The number of aromatic carboxylic acids is 1. The molecule has 2 aromatic rings. The number of hydrogen-bond donors (Lipinski definition) is 2. The minimum absolute atomic E-state index is 0.0788. The van der Waals surface area contributed by atoms with Gasteiger partial charge in [0.2, 0.25) is 0 Å². The van der Waals surface area contributed by atoms with Crippen LogP contribution in [-0.4, -0.2) is 36.3 Å². The van der Waals surface area contributed by atoms with Crippen LogP contribution in [0.15, 0.2) is 42.5 Å². The van der Waals surface area contributed by atoms with Crippen molar-refractivity contribution in [3.05, 3.63) is 59.4 Å². The van der Waals surface area contributed by atoms with Gasteiger partial charge in [0.25, 0.3) is 5.91 Å². The minimum Gasteiger partial charge on any atom is -0.491 e. The predicted octanol–water partition coefficient (Wildman–Crippen LogP) is 3.33. The average molecular weight is 359 g/mol. The van der Waals surface area contributed by atoms with Crippen LogP contribution in [0.4, 0.5) is 10.1 Å². The van der Waals surface area contributed by atoms with Gasteiger partial charge in [0.05, 0.1) is 17.2 Å². The Morgan fingerprint density at radius 2 is 2.12 bits per heavy atom. The molecule has 26 heavy (non-hydrogen) atoms. The van der Waals surface area contributed by atoms with Crippen LogP contribution >= 0.6 is 0 Å². The quantitative estimate of drug-likeness (QED) is 0.826. The van der Waals surface area contributed by atoms with Crippen LogP contribution < -0.4 is 10.1 Å². The summed E-state index contributed by atoms with van der Waals surface area (Å²) in [5.41, 5.74) is -0.00851. The van der Waals surface area contributed by atoms with Crippen molar-refractivity contribution in [3.63, 3.8) is 0 Å². The Hall–Kier alpha value is -2.93. The maximum Gasteiger partial charge on any atom is 0.335 e. The van der Waals surface area contributed by atoms with Gasteiger partial charge in [-0.15, -0.1) is 0 Å². The van der Waals surface area contributed by atoms with Crippen LogP contribution in [0, 0.1) is 5.82 Å². The second-order valence-electron chi connectivity index (χ2n) is 5.93. The molecular weight excluding hydrogens is 341 g/mol. The number of hydrogen-bond acceptors (Lipinski definition) is 4. The lowest BCUT2D eigenvalue weighted by molar-refractivity contribution is 0.0679. The molecule has 1 amide bonds. The molecule has 6 nitrogen and oxygen atoms in total. The second-order valence-corrected chi connectivity index (χ2v) is 5.93. The Kier molecular flexibility index (Phi) is 5.48. The number of carboxylic acids is 1. The molecule has 0 spiro atoms. The Morgan fingerprint density at radius 1 is 1.27 bits per heavy atom. The van der Waals surface area contributed by atoms with Gasteiger partial charge in [-0.25, -0.2) is 9.18 Å². The van der Waals surface area contributed by atoms with Gasteiger partial charge in [-0.2, -0.15) is 0 Å². The van der Waals surface area contributed by atoms with Gasteiger partial charge in [0.15, 0.2) is 0 Å². The summed E-state index contributed by atoms with van der Waals surface area (Å²) in [6.07, 6.45) is 2.06. The van der Waals surface area contributed by atoms with Gasteiger partial charge in [0, 0.05) is 18.4 Å². The van der Waals surface area contributed by atoms with Gasteiger partial charge in [-0.3, -0.25) is 4.79 Å². The first-order chi connectivity index (χ1) is 12.5. The van der Waals surface area contributed by atoms with E-state index >= 15 is 0 Å². The van der Waals surface area contributed by atoms with Gasteiger partial charge < -0.3 is 19.9 Å². The molecule has 2 N–H and O–H groups in total. The molecular formula is C19H18FNO5. The van der Waals surface area contributed by atoms with E-state index in [1.807, 2.05) is 0 Å². The summed E-state index contributed by atoms with van der Waals surface area (Å²) in [6.45, 7) is 1.18. The number of carboxylic acid groups (broad SMARTS) is 1. The third-order valence-corrected chi connectivity index (χ3v) is 4.01. The van der Waals surface area contributed by atoms with Crippen molar-refractivity contribution in [1.29, 1.82) is 0 Å². The summed E-state index contributed by atoms with van der Waals surface area (Å²) in [7, 11) is 0. The van der Waals surface area contributed by atoms with E-state index in [0.717, 1.165) is 31.6 Å².